The molecule has 0 saturated heterocycles. The van der Waals surface area contributed by atoms with Crippen LogP contribution in [0.15, 0.2) is 48.7 Å². The standard InChI is InChI=1S/C26H24Cl2N4O3/c1-5-21(33)30-18-8-6-7-14(2)25(18)32-26-29-13-16-11-15(9-10-17(16)31-26)22-23(27)19(34-3)12-20(35-4)24(22)28/h6-13H,5H2,1-4H3,(H,30,33)(H,29,31,32). The van der Waals surface area contributed by atoms with Gasteiger partial charge in [-0.05, 0) is 36.2 Å². The highest BCUT2D eigenvalue weighted by atomic mass is 35.5. The number of para-hydroxylation sites is 1. The fourth-order valence-corrected chi connectivity index (χ4v) is 4.40. The number of aryl methyl sites for hydroxylation is 1. The van der Waals surface area contributed by atoms with Gasteiger partial charge in [-0.3, -0.25) is 4.79 Å². The number of methoxy groups -OCH3 is 2. The number of carbonyl (C=O) groups excluding carboxylic acids is 1. The number of aromatic nitrogens is 2. The molecule has 4 rings (SSSR count). The Kier molecular flexibility index (Phi) is 7.28. The third-order valence-electron chi connectivity index (χ3n) is 5.55. The predicted molar refractivity (Wildman–Crippen MR) is 141 cm³/mol. The molecule has 0 radical (unpaired) electrons. The summed E-state index contributed by atoms with van der Waals surface area (Å²) in [5, 5.41) is 7.73. The number of halogens is 2. The lowest BCUT2D eigenvalue weighted by molar-refractivity contribution is -0.115. The van der Waals surface area contributed by atoms with Crippen LogP contribution in [0.25, 0.3) is 22.0 Å². The molecule has 0 saturated carbocycles. The second-order valence-electron chi connectivity index (χ2n) is 7.78. The number of hydrogen-bond donors (Lipinski definition) is 2. The van der Waals surface area contributed by atoms with Crippen LogP contribution in [-0.2, 0) is 4.79 Å². The van der Waals surface area contributed by atoms with Crippen molar-refractivity contribution in [3.05, 3.63) is 64.3 Å². The smallest absolute Gasteiger partial charge is 0.227 e. The molecule has 180 valence electrons. The van der Waals surface area contributed by atoms with Gasteiger partial charge in [-0.15, -0.1) is 0 Å². The molecule has 0 atom stereocenters. The normalized spacial score (nSPS) is 10.8. The largest absolute Gasteiger partial charge is 0.495 e. The molecule has 1 heterocycles. The van der Waals surface area contributed by atoms with Crippen molar-refractivity contribution in [3.8, 4) is 22.6 Å². The molecule has 7 nitrogen and oxygen atoms in total. The fourth-order valence-electron chi connectivity index (χ4n) is 3.68. The third kappa shape index (κ3) is 4.97. The van der Waals surface area contributed by atoms with E-state index in [1.165, 1.54) is 14.2 Å². The van der Waals surface area contributed by atoms with E-state index in [9.17, 15) is 4.79 Å². The summed E-state index contributed by atoms with van der Waals surface area (Å²) in [6.45, 7) is 3.76. The summed E-state index contributed by atoms with van der Waals surface area (Å²) in [4.78, 5) is 21.1. The number of benzene rings is 3. The molecule has 0 bridgehead atoms. The lowest BCUT2D eigenvalue weighted by Gasteiger charge is -2.16. The van der Waals surface area contributed by atoms with E-state index < -0.39 is 0 Å². The predicted octanol–water partition coefficient (Wildman–Crippen LogP) is 7.02. The first-order chi connectivity index (χ1) is 16.9. The topological polar surface area (TPSA) is 85.4 Å². The molecule has 1 amide bonds. The summed E-state index contributed by atoms with van der Waals surface area (Å²) in [7, 11) is 3.07. The molecule has 1 aromatic heterocycles. The van der Waals surface area contributed by atoms with Crippen LogP contribution in [0.2, 0.25) is 10.0 Å². The first kappa shape index (κ1) is 24.6. The van der Waals surface area contributed by atoms with Crippen LogP contribution in [0.3, 0.4) is 0 Å². The SMILES string of the molecule is CCC(=O)Nc1cccc(C)c1Nc1ncc2cc(-c3c(Cl)c(OC)cc(OC)c3Cl)ccc2n1. The molecule has 3 aromatic carbocycles. The Morgan fingerprint density at radius 3 is 2.40 bits per heavy atom. The van der Waals surface area contributed by atoms with Crippen LogP contribution in [0.1, 0.15) is 18.9 Å². The highest BCUT2D eigenvalue weighted by Crippen LogP contribution is 2.46. The first-order valence-electron chi connectivity index (χ1n) is 10.9. The van der Waals surface area contributed by atoms with Crippen molar-refractivity contribution < 1.29 is 14.3 Å². The molecular formula is C26H24Cl2N4O3. The summed E-state index contributed by atoms with van der Waals surface area (Å²) >= 11 is 13.2. The summed E-state index contributed by atoms with van der Waals surface area (Å²) in [6, 6.07) is 13.0. The van der Waals surface area contributed by atoms with E-state index >= 15 is 0 Å². The molecule has 9 heteroatoms. The van der Waals surface area contributed by atoms with Crippen LogP contribution in [0.4, 0.5) is 17.3 Å². The van der Waals surface area contributed by atoms with Crippen LogP contribution in [0.5, 0.6) is 11.5 Å². The van der Waals surface area contributed by atoms with Gasteiger partial charge in [0.2, 0.25) is 11.9 Å². The second-order valence-corrected chi connectivity index (χ2v) is 8.53. The van der Waals surface area contributed by atoms with E-state index in [2.05, 4.69) is 20.6 Å². The van der Waals surface area contributed by atoms with Crippen molar-refractivity contribution in [2.45, 2.75) is 20.3 Å². The Labute approximate surface area is 213 Å². The Hall–Kier alpha value is -3.55. The number of carbonyl (C=O) groups is 1. The zero-order chi connectivity index (χ0) is 25.1. The fraction of sp³-hybridized carbons (Fsp3) is 0.192. The molecule has 4 aromatic rings. The lowest BCUT2D eigenvalue weighted by Crippen LogP contribution is -2.12. The number of hydrogen-bond acceptors (Lipinski definition) is 6. The molecule has 0 unspecified atom stereocenters. The van der Waals surface area contributed by atoms with E-state index in [1.807, 2.05) is 43.3 Å². The van der Waals surface area contributed by atoms with Crippen LogP contribution >= 0.6 is 23.2 Å². The molecule has 0 aliphatic rings. The minimum Gasteiger partial charge on any atom is -0.495 e. The summed E-state index contributed by atoms with van der Waals surface area (Å²) in [6.07, 6.45) is 2.10. The maximum Gasteiger partial charge on any atom is 0.227 e. The number of amides is 1. The average Bonchev–Trinajstić information content (AvgIpc) is 2.86. The molecule has 0 spiro atoms. The Morgan fingerprint density at radius 2 is 1.74 bits per heavy atom. The van der Waals surface area contributed by atoms with Gasteiger partial charge in [-0.25, -0.2) is 9.97 Å². The van der Waals surface area contributed by atoms with E-state index in [0.29, 0.717) is 45.2 Å². The number of rotatable bonds is 7. The van der Waals surface area contributed by atoms with Gasteiger partial charge in [0.15, 0.2) is 0 Å². The molecule has 35 heavy (non-hydrogen) atoms. The van der Waals surface area contributed by atoms with Crippen molar-refractivity contribution in [1.82, 2.24) is 9.97 Å². The van der Waals surface area contributed by atoms with Gasteiger partial charge in [0.1, 0.15) is 11.5 Å². The molecule has 0 aliphatic heterocycles. The van der Waals surface area contributed by atoms with E-state index in [1.54, 1.807) is 19.2 Å². The maximum atomic E-state index is 11.9. The van der Waals surface area contributed by atoms with Crippen molar-refractivity contribution >= 4 is 57.3 Å². The molecular weight excluding hydrogens is 487 g/mol. The zero-order valence-electron chi connectivity index (χ0n) is 19.7. The van der Waals surface area contributed by atoms with Crippen LogP contribution < -0.4 is 20.1 Å². The zero-order valence-corrected chi connectivity index (χ0v) is 21.2. The monoisotopic (exact) mass is 510 g/mol. The van der Waals surface area contributed by atoms with Gasteiger partial charge in [0.25, 0.3) is 0 Å². The summed E-state index contributed by atoms with van der Waals surface area (Å²) < 4.78 is 10.8. The number of nitrogens with zero attached hydrogens (tertiary/aromatic N) is 2. The third-order valence-corrected chi connectivity index (χ3v) is 6.30. The van der Waals surface area contributed by atoms with E-state index in [4.69, 9.17) is 32.7 Å². The molecule has 2 N–H and O–H groups in total. The molecule has 0 fully saturated rings. The number of fused-ring (bicyclic) bond motifs is 1. The average molecular weight is 511 g/mol. The van der Waals surface area contributed by atoms with Gasteiger partial charge in [0.05, 0.1) is 41.2 Å². The Balaban J connectivity index is 1.72. The Bertz CT molecular complexity index is 1400. The summed E-state index contributed by atoms with van der Waals surface area (Å²) in [5.41, 5.74) is 4.47. The van der Waals surface area contributed by atoms with Gasteiger partial charge in [0, 0.05) is 29.6 Å². The minimum absolute atomic E-state index is 0.0721. The Morgan fingerprint density at radius 1 is 1.03 bits per heavy atom. The lowest BCUT2D eigenvalue weighted by atomic mass is 10.0. The van der Waals surface area contributed by atoms with E-state index in [-0.39, 0.29) is 5.91 Å². The first-order valence-corrected chi connectivity index (χ1v) is 11.7. The van der Waals surface area contributed by atoms with Crippen molar-refractivity contribution in [2.75, 3.05) is 24.9 Å². The van der Waals surface area contributed by atoms with Crippen LogP contribution in [-0.4, -0.2) is 30.1 Å². The van der Waals surface area contributed by atoms with Gasteiger partial charge in [-0.2, -0.15) is 0 Å². The maximum absolute atomic E-state index is 11.9. The van der Waals surface area contributed by atoms with Crippen molar-refractivity contribution in [3.63, 3.8) is 0 Å². The summed E-state index contributed by atoms with van der Waals surface area (Å²) in [5.74, 6) is 1.26. The van der Waals surface area contributed by atoms with Gasteiger partial charge in [-0.1, -0.05) is 48.3 Å². The van der Waals surface area contributed by atoms with E-state index in [0.717, 1.165) is 27.7 Å². The second kappa shape index (κ2) is 10.4. The highest BCUT2D eigenvalue weighted by molar-refractivity contribution is 6.41. The highest BCUT2D eigenvalue weighted by Gasteiger charge is 2.19. The van der Waals surface area contributed by atoms with Gasteiger partial charge < -0.3 is 20.1 Å². The molecule has 0 aliphatic carbocycles. The quantitative estimate of drug-likeness (QED) is 0.277. The number of anilines is 3. The van der Waals surface area contributed by atoms with Gasteiger partial charge >= 0.3 is 0 Å². The van der Waals surface area contributed by atoms with Crippen LogP contribution in [0, 0.1) is 6.92 Å². The van der Waals surface area contributed by atoms with Crippen molar-refractivity contribution in [1.29, 1.82) is 0 Å². The minimum atomic E-state index is -0.0721. The number of nitrogens with one attached hydrogen (secondary N) is 2. The number of ether oxygens (including phenoxy) is 2. The van der Waals surface area contributed by atoms with Crippen molar-refractivity contribution in [2.24, 2.45) is 0 Å².